The highest BCUT2D eigenvalue weighted by molar-refractivity contribution is 6.31. The zero-order valence-electron chi connectivity index (χ0n) is 13.2. The van der Waals surface area contributed by atoms with Crippen molar-refractivity contribution in [3.8, 4) is 5.88 Å². The molecule has 0 saturated carbocycles. The molecule has 7 heteroatoms. The molecule has 3 heterocycles. The molecule has 0 amide bonds. The molecule has 0 aliphatic carbocycles. The van der Waals surface area contributed by atoms with Gasteiger partial charge in [-0.15, -0.1) is 0 Å². The fraction of sp³-hybridized carbons (Fsp3) is 0.312. The molecular formula is C16H18ClN5O. The molecule has 1 aliphatic heterocycles. The quantitative estimate of drug-likeness (QED) is 0.898. The second kappa shape index (κ2) is 6.04. The summed E-state index contributed by atoms with van der Waals surface area (Å²) in [5, 5.41) is 10.6. The Bertz CT molecular complexity index is 794. The molecule has 0 fully saturated rings. The zero-order chi connectivity index (χ0) is 16.6. The third-order valence-electron chi connectivity index (χ3n) is 3.47. The lowest BCUT2D eigenvalue weighted by atomic mass is 10.1. The smallest absolute Gasteiger partial charge is 0.238 e. The predicted molar refractivity (Wildman–Crippen MR) is 93.6 cm³/mol. The van der Waals surface area contributed by atoms with E-state index in [0.717, 1.165) is 17.7 Å². The highest BCUT2D eigenvalue weighted by atomic mass is 35.5. The largest absolute Gasteiger partial charge is 0.492 e. The van der Waals surface area contributed by atoms with Crippen molar-refractivity contribution >= 4 is 41.2 Å². The molecule has 2 aromatic rings. The highest BCUT2D eigenvalue weighted by Gasteiger charge is 2.17. The number of nitrogens with one attached hydrogen (secondary N) is 1. The van der Waals surface area contributed by atoms with E-state index in [1.807, 2.05) is 18.0 Å². The van der Waals surface area contributed by atoms with Gasteiger partial charge in [0.25, 0.3) is 0 Å². The summed E-state index contributed by atoms with van der Waals surface area (Å²) >= 11 is 6.00. The third kappa shape index (κ3) is 3.22. The Morgan fingerprint density at radius 3 is 2.96 bits per heavy atom. The van der Waals surface area contributed by atoms with Crippen LogP contribution in [-0.4, -0.2) is 39.9 Å². The number of aromatic amines is 1. The molecule has 1 aliphatic rings. The predicted octanol–water partition coefficient (Wildman–Crippen LogP) is 3.51. The summed E-state index contributed by atoms with van der Waals surface area (Å²) < 4.78 is 0. The molecule has 120 valence electrons. The Hall–Kier alpha value is -2.34. The van der Waals surface area contributed by atoms with Gasteiger partial charge in [0.05, 0.1) is 5.02 Å². The van der Waals surface area contributed by atoms with Crippen LogP contribution in [0.5, 0.6) is 5.88 Å². The van der Waals surface area contributed by atoms with Gasteiger partial charge in [0.2, 0.25) is 11.8 Å². The fourth-order valence-electron chi connectivity index (χ4n) is 2.50. The van der Waals surface area contributed by atoms with Crippen molar-refractivity contribution in [1.82, 2.24) is 15.0 Å². The standard InChI is InChI=1S/C16H18ClN5O/c1-9(2)8-22(3)16-20-13(15(23)21-16)4-10-6-18-14-12(10)5-11(17)7-19-14/h4-7,9,23H,8H2,1-3H3,(H,20,21)/b10-4-. The summed E-state index contributed by atoms with van der Waals surface area (Å²) in [5.74, 6) is 1.70. The van der Waals surface area contributed by atoms with E-state index >= 15 is 0 Å². The van der Waals surface area contributed by atoms with Gasteiger partial charge in [0.15, 0.2) is 5.82 Å². The molecule has 0 unspecified atom stereocenters. The maximum absolute atomic E-state index is 10.1. The van der Waals surface area contributed by atoms with Crippen LogP contribution in [-0.2, 0) is 0 Å². The summed E-state index contributed by atoms with van der Waals surface area (Å²) in [5.41, 5.74) is 2.19. The SMILES string of the molecule is CC(C)CN(C)c1nc(O)c(/C=C2/C=Nc3ncc(Cl)cc32)[nH]1. The number of hydrogen-bond donors (Lipinski definition) is 2. The van der Waals surface area contributed by atoms with Gasteiger partial charge < -0.3 is 15.0 Å². The second-order valence-electron chi connectivity index (χ2n) is 5.95. The topological polar surface area (TPSA) is 77.4 Å². The monoisotopic (exact) mass is 331 g/mol. The summed E-state index contributed by atoms with van der Waals surface area (Å²) in [7, 11) is 1.94. The van der Waals surface area contributed by atoms with E-state index in [4.69, 9.17) is 11.6 Å². The Morgan fingerprint density at radius 1 is 1.43 bits per heavy atom. The van der Waals surface area contributed by atoms with Gasteiger partial charge in [0, 0.05) is 37.1 Å². The normalized spacial score (nSPS) is 14.7. The van der Waals surface area contributed by atoms with E-state index in [1.54, 1.807) is 18.5 Å². The molecule has 2 N–H and O–H groups in total. The summed E-state index contributed by atoms with van der Waals surface area (Å²) in [6.45, 7) is 5.10. The first-order chi connectivity index (χ1) is 10.9. The van der Waals surface area contributed by atoms with Crippen LogP contribution < -0.4 is 4.90 Å². The first kappa shape index (κ1) is 15.6. The number of allylic oxidation sites excluding steroid dienone is 1. The number of rotatable bonds is 4. The van der Waals surface area contributed by atoms with E-state index in [2.05, 4.69) is 33.8 Å². The van der Waals surface area contributed by atoms with E-state index in [0.29, 0.717) is 28.4 Å². The Labute approximate surface area is 139 Å². The van der Waals surface area contributed by atoms with E-state index in [1.165, 1.54) is 0 Å². The number of anilines is 1. The summed E-state index contributed by atoms with van der Waals surface area (Å²) in [4.78, 5) is 17.7. The summed E-state index contributed by atoms with van der Waals surface area (Å²) in [6.07, 6.45) is 5.06. The number of H-pyrrole nitrogens is 1. The number of aromatic hydroxyl groups is 1. The van der Waals surface area contributed by atoms with Crippen molar-refractivity contribution < 1.29 is 5.11 Å². The number of imidazole rings is 1. The van der Waals surface area contributed by atoms with Crippen LogP contribution in [0, 0.1) is 5.92 Å². The molecular weight excluding hydrogens is 314 g/mol. The first-order valence-electron chi connectivity index (χ1n) is 7.36. The minimum Gasteiger partial charge on any atom is -0.492 e. The van der Waals surface area contributed by atoms with Gasteiger partial charge in [-0.3, -0.25) is 0 Å². The van der Waals surface area contributed by atoms with Crippen LogP contribution in [0.4, 0.5) is 11.8 Å². The van der Waals surface area contributed by atoms with Gasteiger partial charge in [0.1, 0.15) is 5.69 Å². The number of halogens is 1. The second-order valence-corrected chi connectivity index (χ2v) is 6.39. The van der Waals surface area contributed by atoms with Crippen LogP contribution in [0.1, 0.15) is 25.1 Å². The van der Waals surface area contributed by atoms with Gasteiger partial charge >= 0.3 is 0 Å². The molecule has 23 heavy (non-hydrogen) atoms. The third-order valence-corrected chi connectivity index (χ3v) is 3.68. The molecule has 0 saturated heterocycles. The van der Waals surface area contributed by atoms with Crippen LogP contribution >= 0.6 is 11.6 Å². The van der Waals surface area contributed by atoms with E-state index in [9.17, 15) is 5.11 Å². The van der Waals surface area contributed by atoms with E-state index < -0.39 is 0 Å². The summed E-state index contributed by atoms with van der Waals surface area (Å²) in [6, 6.07) is 1.81. The Morgan fingerprint density at radius 2 is 2.22 bits per heavy atom. The maximum Gasteiger partial charge on any atom is 0.238 e. The lowest BCUT2D eigenvalue weighted by molar-refractivity contribution is 0.455. The van der Waals surface area contributed by atoms with E-state index in [-0.39, 0.29) is 5.88 Å². The number of hydrogen-bond acceptors (Lipinski definition) is 5. The molecule has 0 aromatic carbocycles. The number of nitrogens with zero attached hydrogens (tertiary/aromatic N) is 4. The van der Waals surface area contributed by atoms with Gasteiger partial charge in [-0.2, -0.15) is 4.98 Å². The average Bonchev–Trinajstić information content (AvgIpc) is 3.03. The minimum atomic E-state index is -0.0417. The highest BCUT2D eigenvalue weighted by Crippen LogP contribution is 2.33. The van der Waals surface area contributed by atoms with Crippen molar-refractivity contribution in [2.45, 2.75) is 13.8 Å². The Kier molecular flexibility index (Phi) is 4.09. The molecule has 0 radical (unpaired) electrons. The van der Waals surface area contributed by atoms with Gasteiger partial charge in [-0.05, 0) is 18.1 Å². The first-order valence-corrected chi connectivity index (χ1v) is 7.73. The molecule has 6 nitrogen and oxygen atoms in total. The maximum atomic E-state index is 10.1. The lowest BCUT2D eigenvalue weighted by Gasteiger charge is -2.17. The van der Waals surface area contributed by atoms with Crippen molar-refractivity contribution in [3.05, 3.63) is 28.5 Å². The molecule has 3 rings (SSSR count). The molecule has 0 spiro atoms. The zero-order valence-corrected chi connectivity index (χ0v) is 14.0. The van der Waals surface area contributed by atoms with Crippen LogP contribution in [0.2, 0.25) is 5.02 Å². The molecule has 2 aromatic heterocycles. The molecule has 0 bridgehead atoms. The fourth-order valence-corrected chi connectivity index (χ4v) is 2.66. The van der Waals surface area contributed by atoms with Crippen molar-refractivity contribution in [2.75, 3.05) is 18.5 Å². The van der Waals surface area contributed by atoms with Crippen LogP contribution in [0.25, 0.3) is 11.6 Å². The minimum absolute atomic E-state index is 0.0417. The number of aliphatic imine (C=N–C) groups is 1. The van der Waals surface area contributed by atoms with Gasteiger partial charge in [-0.25, -0.2) is 9.98 Å². The van der Waals surface area contributed by atoms with Crippen LogP contribution in [0.3, 0.4) is 0 Å². The average molecular weight is 332 g/mol. The van der Waals surface area contributed by atoms with Crippen molar-refractivity contribution in [3.63, 3.8) is 0 Å². The number of fused-ring (bicyclic) bond motifs is 1. The lowest BCUT2D eigenvalue weighted by Crippen LogP contribution is -2.23. The molecule has 0 atom stereocenters. The number of pyridine rings is 1. The van der Waals surface area contributed by atoms with Crippen LogP contribution in [0.15, 0.2) is 17.3 Å². The number of aromatic nitrogens is 3. The van der Waals surface area contributed by atoms with Crippen molar-refractivity contribution in [2.24, 2.45) is 10.9 Å². The Balaban J connectivity index is 1.92. The van der Waals surface area contributed by atoms with Gasteiger partial charge in [-0.1, -0.05) is 25.4 Å². The van der Waals surface area contributed by atoms with Crippen molar-refractivity contribution in [1.29, 1.82) is 0 Å².